The van der Waals surface area contributed by atoms with Gasteiger partial charge in [0, 0.05) is 52.7 Å². The van der Waals surface area contributed by atoms with Crippen LogP contribution in [0.15, 0.2) is 85.2 Å². The number of H-pyrrole nitrogens is 1. The highest BCUT2D eigenvalue weighted by Crippen LogP contribution is 2.38. The topological polar surface area (TPSA) is 90.0 Å². The fraction of sp³-hybridized carbons (Fsp3) is 0.0370. The third kappa shape index (κ3) is 4.67. The maximum atomic E-state index is 13.3. The van der Waals surface area contributed by atoms with Crippen LogP contribution >= 0.6 is 0 Å². The Morgan fingerprint density at radius 1 is 0.943 bits per heavy atom. The zero-order valence-electron chi connectivity index (χ0n) is 18.3. The first-order valence-electron chi connectivity index (χ1n) is 10.8. The highest BCUT2D eigenvalue weighted by molar-refractivity contribution is 5.90. The van der Waals surface area contributed by atoms with Crippen molar-refractivity contribution in [3.05, 3.63) is 102 Å². The summed E-state index contributed by atoms with van der Waals surface area (Å²) in [7, 11) is 0. The van der Waals surface area contributed by atoms with Gasteiger partial charge >= 0.3 is 6.03 Å². The molecule has 0 spiro atoms. The van der Waals surface area contributed by atoms with Crippen molar-refractivity contribution in [2.24, 2.45) is 0 Å². The predicted octanol–water partition coefficient (Wildman–Crippen LogP) is 6.20. The standard InChI is InChI=1S/C27H20F2N4O2/c28-22-8-7-19(13-23(22)29)32-27(35)31-14-16-3-1-4-17(11-16)20-5-2-6-21(26(20)34)25-12-18-15-30-10-9-24(18)33-25/h1-13,15,33-34H,14H2,(H2,31,32,35). The van der Waals surface area contributed by atoms with Crippen LogP contribution in [-0.2, 0) is 6.54 Å². The summed E-state index contributed by atoms with van der Waals surface area (Å²) in [5.41, 5.74) is 4.73. The predicted molar refractivity (Wildman–Crippen MR) is 131 cm³/mol. The van der Waals surface area contributed by atoms with E-state index in [1.165, 1.54) is 6.07 Å². The molecule has 0 saturated heterocycles. The molecule has 0 bridgehead atoms. The summed E-state index contributed by atoms with van der Waals surface area (Å²) in [6.07, 6.45) is 3.46. The molecule has 35 heavy (non-hydrogen) atoms. The van der Waals surface area contributed by atoms with Crippen LogP contribution in [0, 0.1) is 11.6 Å². The molecule has 0 aliphatic rings. The number of halogens is 2. The van der Waals surface area contributed by atoms with E-state index in [1.54, 1.807) is 12.4 Å². The molecule has 2 heterocycles. The van der Waals surface area contributed by atoms with E-state index >= 15 is 0 Å². The zero-order valence-corrected chi connectivity index (χ0v) is 18.3. The number of phenols is 1. The molecule has 4 N–H and O–H groups in total. The number of hydrogen-bond acceptors (Lipinski definition) is 3. The Bertz CT molecular complexity index is 1510. The van der Waals surface area contributed by atoms with E-state index in [0.29, 0.717) is 11.1 Å². The van der Waals surface area contributed by atoms with Crippen molar-refractivity contribution in [2.45, 2.75) is 6.54 Å². The largest absolute Gasteiger partial charge is 0.507 e. The fourth-order valence-corrected chi connectivity index (χ4v) is 3.89. The number of nitrogens with zero attached hydrogens (tertiary/aromatic N) is 1. The lowest BCUT2D eigenvalue weighted by molar-refractivity contribution is 0.251. The van der Waals surface area contributed by atoms with Crippen LogP contribution in [-0.4, -0.2) is 21.1 Å². The number of carbonyl (C=O) groups is 1. The molecular weight excluding hydrogens is 450 g/mol. The first-order chi connectivity index (χ1) is 17.0. The number of pyridine rings is 1. The van der Waals surface area contributed by atoms with Gasteiger partial charge in [-0.3, -0.25) is 4.98 Å². The second-order valence-corrected chi connectivity index (χ2v) is 7.98. The van der Waals surface area contributed by atoms with Gasteiger partial charge in [0.15, 0.2) is 11.6 Å². The molecular formula is C27H20F2N4O2. The highest BCUT2D eigenvalue weighted by atomic mass is 19.2. The number of hydrogen-bond donors (Lipinski definition) is 4. The van der Waals surface area contributed by atoms with E-state index in [9.17, 15) is 18.7 Å². The van der Waals surface area contributed by atoms with Crippen LogP contribution in [0.1, 0.15) is 5.56 Å². The number of urea groups is 1. The van der Waals surface area contributed by atoms with Crippen molar-refractivity contribution in [2.75, 3.05) is 5.32 Å². The Labute approximate surface area is 199 Å². The number of aromatic amines is 1. The van der Waals surface area contributed by atoms with E-state index in [1.807, 2.05) is 54.6 Å². The fourth-order valence-electron chi connectivity index (χ4n) is 3.89. The molecule has 0 aliphatic heterocycles. The van der Waals surface area contributed by atoms with Crippen molar-refractivity contribution in [1.82, 2.24) is 15.3 Å². The van der Waals surface area contributed by atoms with Gasteiger partial charge in [0.25, 0.3) is 0 Å². The Kier molecular flexibility index (Phi) is 5.85. The number of phenolic OH excluding ortho intramolecular Hbond substituents is 1. The van der Waals surface area contributed by atoms with Gasteiger partial charge in [-0.05, 0) is 47.5 Å². The Morgan fingerprint density at radius 3 is 2.60 bits per heavy atom. The number of amides is 2. The minimum absolute atomic E-state index is 0.133. The van der Waals surface area contributed by atoms with Crippen LogP contribution in [0.4, 0.5) is 19.3 Å². The van der Waals surface area contributed by atoms with E-state index in [2.05, 4.69) is 20.6 Å². The van der Waals surface area contributed by atoms with Gasteiger partial charge in [0.2, 0.25) is 0 Å². The number of carbonyl (C=O) groups excluding carboxylic acids is 1. The number of rotatable bonds is 5. The summed E-state index contributed by atoms with van der Waals surface area (Å²) in [5, 5.41) is 17.2. The number of aromatic hydroxyl groups is 1. The van der Waals surface area contributed by atoms with E-state index in [0.717, 1.165) is 39.9 Å². The molecule has 2 amide bonds. The molecule has 0 fully saturated rings. The molecule has 0 unspecified atom stereocenters. The van der Waals surface area contributed by atoms with Crippen molar-refractivity contribution < 1.29 is 18.7 Å². The van der Waals surface area contributed by atoms with Gasteiger partial charge in [0.1, 0.15) is 5.75 Å². The van der Waals surface area contributed by atoms with Crippen LogP contribution in [0.25, 0.3) is 33.3 Å². The number of benzene rings is 3. The normalized spacial score (nSPS) is 10.9. The smallest absolute Gasteiger partial charge is 0.319 e. The average molecular weight is 470 g/mol. The third-order valence-corrected chi connectivity index (χ3v) is 5.62. The molecule has 8 heteroatoms. The minimum Gasteiger partial charge on any atom is -0.507 e. The van der Waals surface area contributed by atoms with E-state index < -0.39 is 17.7 Å². The number of nitrogens with one attached hydrogen (secondary N) is 3. The van der Waals surface area contributed by atoms with E-state index in [-0.39, 0.29) is 18.0 Å². The molecule has 0 radical (unpaired) electrons. The number of fused-ring (bicyclic) bond motifs is 1. The molecule has 0 aliphatic carbocycles. The summed E-state index contributed by atoms with van der Waals surface area (Å²) >= 11 is 0. The average Bonchev–Trinajstić information content (AvgIpc) is 3.29. The second kappa shape index (κ2) is 9.26. The first kappa shape index (κ1) is 22.1. The van der Waals surface area contributed by atoms with Crippen LogP contribution in [0.5, 0.6) is 5.75 Å². The van der Waals surface area contributed by atoms with Gasteiger partial charge in [-0.15, -0.1) is 0 Å². The van der Waals surface area contributed by atoms with Gasteiger partial charge in [-0.2, -0.15) is 0 Å². The van der Waals surface area contributed by atoms with Crippen molar-refractivity contribution >= 4 is 22.6 Å². The van der Waals surface area contributed by atoms with Crippen molar-refractivity contribution in [1.29, 1.82) is 0 Å². The van der Waals surface area contributed by atoms with Gasteiger partial charge in [0.05, 0.1) is 5.69 Å². The summed E-state index contributed by atoms with van der Waals surface area (Å²) in [4.78, 5) is 19.6. The number of anilines is 1. The van der Waals surface area contributed by atoms with Crippen LogP contribution in [0.3, 0.4) is 0 Å². The SMILES string of the molecule is O=C(NCc1cccc(-c2cccc(-c3cc4cnccc4[nH]3)c2O)c1)Nc1ccc(F)c(F)c1. The minimum atomic E-state index is -1.04. The molecule has 3 aromatic carbocycles. The Morgan fingerprint density at radius 2 is 1.77 bits per heavy atom. The van der Waals surface area contributed by atoms with Crippen LogP contribution in [0.2, 0.25) is 0 Å². The maximum absolute atomic E-state index is 13.3. The number of para-hydroxylation sites is 1. The summed E-state index contributed by atoms with van der Waals surface area (Å²) < 4.78 is 26.4. The van der Waals surface area contributed by atoms with Gasteiger partial charge < -0.3 is 20.7 Å². The lowest BCUT2D eigenvalue weighted by atomic mass is 9.98. The summed E-state index contributed by atoms with van der Waals surface area (Å²) in [6, 6.07) is 19.3. The van der Waals surface area contributed by atoms with Crippen molar-refractivity contribution in [3.8, 4) is 28.1 Å². The zero-order chi connectivity index (χ0) is 24.4. The molecule has 0 saturated carbocycles. The molecule has 174 valence electrons. The summed E-state index contributed by atoms with van der Waals surface area (Å²) in [6.45, 7) is 0.193. The van der Waals surface area contributed by atoms with Gasteiger partial charge in [-0.1, -0.05) is 30.3 Å². The lowest BCUT2D eigenvalue weighted by Crippen LogP contribution is -2.28. The first-order valence-corrected chi connectivity index (χ1v) is 10.8. The quantitative estimate of drug-likeness (QED) is 0.246. The molecule has 2 aromatic heterocycles. The molecule has 5 aromatic rings. The van der Waals surface area contributed by atoms with Crippen molar-refractivity contribution in [3.63, 3.8) is 0 Å². The molecule has 0 atom stereocenters. The summed E-state index contributed by atoms with van der Waals surface area (Å²) in [5.74, 6) is -1.89. The molecule has 6 nitrogen and oxygen atoms in total. The second-order valence-electron chi connectivity index (χ2n) is 7.98. The number of aromatic nitrogens is 2. The van der Waals surface area contributed by atoms with E-state index in [4.69, 9.17) is 0 Å². The Hall–Kier alpha value is -4.72. The lowest BCUT2D eigenvalue weighted by Gasteiger charge is -2.12. The highest BCUT2D eigenvalue weighted by Gasteiger charge is 2.13. The van der Waals surface area contributed by atoms with Gasteiger partial charge in [-0.25, -0.2) is 13.6 Å². The monoisotopic (exact) mass is 470 g/mol. The third-order valence-electron chi connectivity index (χ3n) is 5.62. The molecule has 5 rings (SSSR count). The van der Waals surface area contributed by atoms with Crippen LogP contribution < -0.4 is 10.6 Å². The maximum Gasteiger partial charge on any atom is 0.319 e. The Balaban J connectivity index is 1.33.